The number of aliphatic hydroxyl groups excluding tert-OH is 2. The van der Waals surface area contributed by atoms with Crippen molar-refractivity contribution < 1.29 is 24.4 Å². The maximum absolute atomic E-state index is 10.4. The number of thioether (sulfide) groups is 1. The number of allylic oxidation sites excluding steroid dienone is 2. The average Bonchev–Trinajstić information content (AvgIpc) is 3.04. The number of hydrogen-bond donors (Lipinski definition) is 2. The standard InChI is InChI=1S/C17H26N2O5S/c1-19(2)17-18-13-15(21)14(20)12(24-16(13)25-17)9-23-8-10-5-4-6-11(7-10)22-3/h6-7,12-16,20-21H,4-5,8-9H2,1-3H3/t12-,13-,14-,15-,16-/m1/s1. The average molecular weight is 370 g/mol. The highest BCUT2D eigenvalue weighted by Crippen LogP contribution is 2.37. The van der Waals surface area contributed by atoms with Gasteiger partial charge >= 0.3 is 0 Å². The van der Waals surface area contributed by atoms with Crippen molar-refractivity contribution in [1.29, 1.82) is 0 Å². The lowest BCUT2D eigenvalue weighted by molar-refractivity contribution is -0.169. The molecule has 0 spiro atoms. The molecule has 3 aliphatic rings. The van der Waals surface area contributed by atoms with Crippen LogP contribution in [0.4, 0.5) is 0 Å². The maximum Gasteiger partial charge on any atom is 0.161 e. The van der Waals surface area contributed by atoms with Gasteiger partial charge in [-0.15, -0.1) is 0 Å². The van der Waals surface area contributed by atoms with E-state index in [-0.39, 0.29) is 12.0 Å². The molecule has 0 amide bonds. The van der Waals surface area contributed by atoms with Gasteiger partial charge in [-0.3, -0.25) is 4.99 Å². The third-order valence-corrected chi connectivity index (χ3v) is 5.80. The Morgan fingerprint density at radius 2 is 2.16 bits per heavy atom. The van der Waals surface area contributed by atoms with Gasteiger partial charge in [-0.2, -0.15) is 0 Å². The zero-order valence-electron chi connectivity index (χ0n) is 14.8. The van der Waals surface area contributed by atoms with E-state index in [4.69, 9.17) is 14.2 Å². The van der Waals surface area contributed by atoms with Gasteiger partial charge in [0.25, 0.3) is 0 Å². The van der Waals surface area contributed by atoms with E-state index in [1.165, 1.54) is 11.8 Å². The largest absolute Gasteiger partial charge is 0.497 e. The molecular formula is C17H26N2O5S. The Morgan fingerprint density at radius 1 is 1.36 bits per heavy atom. The number of rotatable bonds is 5. The molecule has 1 fully saturated rings. The minimum absolute atomic E-state index is 0.225. The normalized spacial score (nSPS) is 34.8. The van der Waals surface area contributed by atoms with Crippen LogP contribution in [0.25, 0.3) is 0 Å². The first-order valence-electron chi connectivity index (χ1n) is 8.44. The van der Waals surface area contributed by atoms with E-state index in [9.17, 15) is 10.2 Å². The van der Waals surface area contributed by atoms with Gasteiger partial charge in [0.05, 0.1) is 20.3 Å². The Labute approximate surface area is 152 Å². The third kappa shape index (κ3) is 4.20. The fourth-order valence-corrected chi connectivity index (χ4v) is 4.23. The molecule has 0 radical (unpaired) electrons. The van der Waals surface area contributed by atoms with Crippen LogP contribution in [0.2, 0.25) is 0 Å². The molecule has 2 aliphatic heterocycles. The van der Waals surface area contributed by atoms with Crippen molar-refractivity contribution in [2.45, 2.75) is 42.6 Å². The molecule has 140 valence electrons. The zero-order valence-corrected chi connectivity index (χ0v) is 15.6. The minimum Gasteiger partial charge on any atom is -0.497 e. The number of hydrogen-bond acceptors (Lipinski definition) is 8. The van der Waals surface area contributed by atoms with E-state index in [0.717, 1.165) is 29.3 Å². The van der Waals surface area contributed by atoms with E-state index in [1.54, 1.807) is 7.11 Å². The highest BCUT2D eigenvalue weighted by atomic mass is 32.2. The second-order valence-electron chi connectivity index (χ2n) is 6.61. The molecule has 0 aromatic carbocycles. The summed E-state index contributed by atoms with van der Waals surface area (Å²) in [6, 6.07) is -0.441. The number of ether oxygens (including phenoxy) is 3. The molecule has 0 aromatic rings. The van der Waals surface area contributed by atoms with E-state index in [2.05, 4.69) is 4.99 Å². The Morgan fingerprint density at radius 3 is 2.88 bits per heavy atom. The van der Waals surface area contributed by atoms with Crippen molar-refractivity contribution in [3.63, 3.8) is 0 Å². The van der Waals surface area contributed by atoms with E-state index >= 15 is 0 Å². The Balaban J connectivity index is 1.53. The molecule has 7 nitrogen and oxygen atoms in total. The summed E-state index contributed by atoms with van der Waals surface area (Å²) < 4.78 is 16.9. The fraction of sp³-hybridized carbons (Fsp3) is 0.706. The predicted octanol–water partition coefficient (Wildman–Crippen LogP) is 0.733. The van der Waals surface area contributed by atoms with Crippen LogP contribution < -0.4 is 0 Å². The summed E-state index contributed by atoms with van der Waals surface area (Å²) in [5.74, 6) is 0.854. The van der Waals surface area contributed by atoms with Gasteiger partial charge in [-0.1, -0.05) is 11.8 Å². The molecule has 5 atom stereocenters. The monoisotopic (exact) mass is 370 g/mol. The maximum atomic E-state index is 10.4. The Hall–Kier alpha value is -1.06. The molecule has 2 N–H and O–H groups in total. The number of methoxy groups -OCH3 is 1. The van der Waals surface area contributed by atoms with E-state index in [1.807, 2.05) is 31.1 Å². The molecule has 0 saturated carbocycles. The molecule has 1 aliphatic carbocycles. The first-order valence-corrected chi connectivity index (χ1v) is 9.32. The number of aliphatic hydroxyl groups is 2. The van der Waals surface area contributed by atoms with E-state index < -0.39 is 24.4 Å². The van der Waals surface area contributed by atoms with Crippen LogP contribution in [0.5, 0.6) is 0 Å². The van der Waals surface area contributed by atoms with Gasteiger partial charge in [0.15, 0.2) is 5.17 Å². The molecule has 0 aromatic heterocycles. The van der Waals surface area contributed by atoms with Crippen LogP contribution in [-0.4, -0.2) is 84.5 Å². The van der Waals surface area contributed by atoms with Crippen molar-refractivity contribution in [1.82, 2.24) is 4.90 Å². The Kier molecular flexibility index (Phi) is 6.06. The second kappa shape index (κ2) is 8.09. The minimum atomic E-state index is -1.01. The molecule has 0 unspecified atom stereocenters. The smallest absolute Gasteiger partial charge is 0.161 e. The molecule has 8 heteroatoms. The van der Waals surface area contributed by atoms with Gasteiger partial charge in [0.1, 0.15) is 35.5 Å². The lowest BCUT2D eigenvalue weighted by atomic mass is 9.98. The van der Waals surface area contributed by atoms with Crippen LogP contribution in [0.1, 0.15) is 12.8 Å². The van der Waals surface area contributed by atoms with Crippen molar-refractivity contribution in [2.75, 3.05) is 34.4 Å². The van der Waals surface area contributed by atoms with Crippen molar-refractivity contribution in [3.8, 4) is 0 Å². The molecule has 0 bridgehead atoms. The highest BCUT2D eigenvalue weighted by Gasteiger charge is 2.48. The fourth-order valence-electron chi connectivity index (χ4n) is 3.07. The zero-order chi connectivity index (χ0) is 18.0. The molecule has 1 saturated heterocycles. The lowest BCUT2D eigenvalue weighted by Gasteiger charge is -2.38. The summed E-state index contributed by atoms with van der Waals surface area (Å²) in [6.07, 6.45) is 3.37. The van der Waals surface area contributed by atoms with Gasteiger partial charge in [0.2, 0.25) is 0 Å². The SMILES string of the molecule is COC1=CCCC(COC[C@H]2O[C@@H]3SC(N(C)C)=N[C@@H]3[C@@H](O)[C@@H]2O)=C1. The third-order valence-electron chi connectivity index (χ3n) is 4.49. The van der Waals surface area contributed by atoms with Crippen molar-refractivity contribution >= 4 is 16.9 Å². The van der Waals surface area contributed by atoms with Gasteiger partial charge in [0, 0.05) is 14.1 Å². The van der Waals surface area contributed by atoms with Crippen molar-refractivity contribution in [3.05, 3.63) is 23.5 Å². The van der Waals surface area contributed by atoms with Gasteiger partial charge < -0.3 is 29.3 Å². The summed E-state index contributed by atoms with van der Waals surface area (Å²) in [7, 11) is 5.44. The summed E-state index contributed by atoms with van der Waals surface area (Å²) in [6.45, 7) is 0.687. The molecular weight excluding hydrogens is 344 g/mol. The lowest BCUT2D eigenvalue weighted by Crippen LogP contribution is -2.56. The highest BCUT2D eigenvalue weighted by molar-refractivity contribution is 8.14. The second-order valence-corrected chi connectivity index (χ2v) is 7.67. The van der Waals surface area contributed by atoms with Crippen molar-refractivity contribution in [2.24, 2.45) is 4.99 Å². The van der Waals surface area contributed by atoms with Crippen LogP contribution in [0.3, 0.4) is 0 Å². The van der Waals surface area contributed by atoms with Crippen LogP contribution in [0.15, 0.2) is 28.5 Å². The Bertz CT molecular complexity index is 577. The molecule has 2 heterocycles. The molecule has 25 heavy (non-hydrogen) atoms. The van der Waals surface area contributed by atoms with Gasteiger partial charge in [-0.25, -0.2) is 0 Å². The summed E-state index contributed by atoms with van der Waals surface area (Å²) in [5, 5.41) is 21.5. The first kappa shape index (κ1) is 18.7. The molecule has 3 rings (SSSR count). The number of fused-ring (bicyclic) bond motifs is 1. The topological polar surface area (TPSA) is 83.8 Å². The number of amidine groups is 1. The summed E-state index contributed by atoms with van der Waals surface area (Å²) >= 11 is 1.47. The number of nitrogens with zero attached hydrogens (tertiary/aromatic N) is 2. The van der Waals surface area contributed by atoms with Gasteiger partial charge in [-0.05, 0) is 30.6 Å². The van der Waals surface area contributed by atoms with Crippen LogP contribution in [0, 0.1) is 0 Å². The summed E-state index contributed by atoms with van der Waals surface area (Å²) in [4.78, 5) is 6.33. The van der Waals surface area contributed by atoms with E-state index in [0.29, 0.717) is 6.61 Å². The first-order chi connectivity index (χ1) is 12.0. The predicted molar refractivity (Wildman–Crippen MR) is 96.4 cm³/mol. The van der Waals surface area contributed by atoms with Crippen LogP contribution >= 0.6 is 11.8 Å². The van der Waals surface area contributed by atoms with Crippen LogP contribution in [-0.2, 0) is 14.2 Å². The quantitative estimate of drug-likeness (QED) is 0.738. The summed E-state index contributed by atoms with van der Waals surface area (Å²) in [5.41, 5.74) is 0.859. The number of aliphatic imine (C=N–C) groups is 1.